The normalized spacial score (nSPS) is 17.2. The zero-order valence-corrected chi connectivity index (χ0v) is 14.9. The highest BCUT2D eigenvalue weighted by atomic mass is 35.5. The maximum Gasteiger partial charge on any atom is 0.130 e. The fourth-order valence-corrected chi connectivity index (χ4v) is 3.59. The zero-order valence-electron chi connectivity index (χ0n) is 14.2. The Hall–Kier alpha value is -1.75. The molecule has 2 aromatic rings. The molecule has 0 saturated carbocycles. The molecular weight excluding hydrogens is 338 g/mol. The summed E-state index contributed by atoms with van der Waals surface area (Å²) in [5.74, 6) is 1.77. The first-order valence-electron chi connectivity index (χ1n) is 8.78. The number of hydrogen-bond donors (Lipinski definition) is 0. The van der Waals surface area contributed by atoms with Gasteiger partial charge in [0.05, 0.1) is 19.8 Å². The molecule has 0 bridgehead atoms. The van der Waals surface area contributed by atoms with Gasteiger partial charge in [-0.25, -0.2) is 0 Å². The van der Waals surface area contributed by atoms with Gasteiger partial charge in [-0.15, -0.1) is 0 Å². The maximum absolute atomic E-state index is 6.33. The summed E-state index contributed by atoms with van der Waals surface area (Å²) in [6.45, 7) is 5.84. The highest BCUT2D eigenvalue weighted by Crippen LogP contribution is 2.39. The molecule has 0 amide bonds. The number of hydrogen-bond acceptors (Lipinski definition) is 4. The topological polar surface area (TPSA) is 30.9 Å². The first-order chi connectivity index (χ1) is 12.3. The second-order valence-electron chi connectivity index (χ2n) is 6.37. The molecule has 0 N–H and O–H groups in total. The Kier molecular flexibility index (Phi) is 5.11. The molecule has 4 rings (SSSR count). The average molecular weight is 360 g/mol. The number of benzene rings is 2. The predicted octanol–water partition coefficient (Wildman–Crippen LogP) is 3.65. The van der Waals surface area contributed by atoms with Crippen molar-refractivity contribution in [3.63, 3.8) is 0 Å². The monoisotopic (exact) mass is 359 g/mol. The van der Waals surface area contributed by atoms with Gasteiger partial charge in [0.15, 0.2) is 0 Å². The largest absolute Gasteiger partial charge is 0.492 e. The van der Waals surface area contributed by atoms with Crippen LogP contribution in [0.3, 0.4) is 0 Å². The van der Waals surface area contributed by atoms with E-state index in [1.165, 1.54) is 5.56 Å². The average Bonchev–Trinajstić information content (AvgIpc) is 3.11. The Morgan fingerprint density at radius 1 is 1.08 bits per heavy atom. The fraction of sp³-hybridized carbons (Fsp3) is 0.400. The van der Waals surface area contributed by atoms with Crippen molar-refractivity contribution in [2.24, 2.45) is 0 Å². The van der Waals surface area contributed by atoms with Gasteiger partial charge in [0.1, 0.15) is 18.1 Å². The van der Waals surface area contributed by atoms with Crippen LogP contribution in [0.2, 0.25) is 5.02 Å². The van der Waals surface area contributed by atoms with Crippen LogP contribution in [0, 0.1) is 0 Å². The molecule has 0 radical (unpaired) electrons. The van der Waals surface area contributed by atoms with Gasteiger partial charge in [-0.3, -0.25) is 4.90 Å². The Morgan fingerprint density at radius 3 is 2.84 bits per heavy atom. The molecule has 0 aromatic heterocycles. The highest BCUT2D eigenvalue weighted by Gasteiger charge is 2.18. The van der Waals surface area contributed by atoms with E-state index in [4.69, 9.17) is 25.8 Å². The van der Waals surface area contributed by atoms with E-state index in [0.717, 1.165) is 68.5 Å². The van der Waals surface area contributed by atoms with Gasteiger partial charge in [-0.05, 0) is 29.3 Å². The molecule has 1 saturated heterocycles. The van der Waals surface area contributed by atoms with Gasteiger partial charge in [0, 0.05) is 36.6 Å². The van der Waals surface area contributed by atoms with Crippen molar-refractivity contribution < 1.29 is 14.2 Å². The third kappa shape index (κ3) is 3.92. The molecule has 1 fully saturated rings. The molecule has 2 heterocycles. The highest BCUT2D eigenvalue weighted by molar-refractivity contribution is 6.31. The predicted molar refractivity (Wildman–Crippen MR) is 98.8 cm³/mol. The van der Waals surface area contributed by atoms with Crippen molar-refractivity contribution in [3.8, 4) is 22.6 Å². The smallest absolute Gasteiger partial charge is 0.130 e. The van der Waals surface area contributed by atoms with E-state index >= 15 is 0 Å². The lowest BCUT2D eigenvalue weighted by Gasteiger charge is -2.26. The molecule has 2 aromatic carbocycles. The summed E-state index contributed by atoms with van der Waals surface area (Å²) < 4.78 is 17.2. The van der Waals surface area contributed by atoms with Crippen LogP contribution in [0.5, 0.6) is 11.5 Å². The maximum atomic E-state index is 6.33. The van der Waals surface area contributed by atoms with Gasteiger partial charge in [-0.1, -0.05) is 29.8 Å². The molecule has 5 heteroatoms. The summed E-state index contributed by atoms with van der Waals surface area (Å²) in [5.41, 5.74) is 3.37. The van der Waals surface area contributed by atoms with Crippen LogP contribution in [-0.4, -0.2) is 51.0 Å². The van der Waals surface area contributed by atoms with Crippen LogP contribution in [-0.2, 0) is 11.2 Å². The first-order valence-corrected chi connectivity index (χ1v) is 9.16. The number of halogens is 1. The number of morpholine rings is 1. The van der Waals surface area contributed by atoms with E-state index in [2.05, 4.69) is 23.1 Å². The lowest BCUT2D eigenvalue weighted by molar-refractivity contribution is 0.0322. The van der Waals surface area contributed by atoms with Crippen molar-refractivity contribution in [2.45, 2.75) is 6.42 Å². The summed E-state index contributed by atoms with van der Waals surface area (Å²) in [7, 11) is 0. The molecule has 2 aliphatic heterocycles. The number of fused-ring (bicyclic) bond motifs is 1. The summed E-state index contributed by atoms with van der Waals surface area (Å²) in [5, 5.41) is 0.675. The van der Waals surface area contributed by atoms with E-state index in [0.29, 0.717) is 11.6 Å². The molecule has 2 aliphatic rings. The minimum absolute atomic E-state index is 0.642. The van der Waals surface area contributed by atoms with Crippen molar-refractivity contribution in [1.29, 1.82) is 0 Å². The molecule has 0 unspecified atom stereocenters. The van der Waals surface area contributed by atoms with Crippen LogP contribution in [0.4, 0.5) is 0 Å². The van der Waals surface area contributed by atoms with Crippen molar-refractivity contribution in [2.75, 3.05) is 46.1 Å². The Bertz CT molecular complexity index is 744. The van der Waals surface area contributed by atoms with Crippen LogP contribution in [0.25, 0.3) is 11.1 Å². The number of para-hydroxylation sites is 1. The second-order valence-corrected chi connectivity index (χ2v) is 6.81. The van der Waals surface area contributed by atoms with E-state index in [1.54, 1.807) is 0 Å². The van der Waals surface area contributed by atoms with E-state index in [9.17, 15) is 0 Å². The first kappa shape index (κ1) is 16.7. The summed E-state index contributed by atoms with van der Waals surface area (Å²) in [6, 6.07) is 12.1. The van der Waals surface area contributed by atoms with E-state index in [-0.39, 0.29) is 0 Å². The Balaban J connectivity index is 1.48. The van der Waals surface area contributed by atoms with Crippen molar-refractivity contribution in [3.05, 3.63) is 47.0 Å². The van der Waals surface area contributed by atoms with Crippen LogP contribution in [0.1, 0.15) is 5.56 Å². The Morgan fingerprint density at radius 2 is 1.96 bits per heavy atom. The summed E-state index contributed by atoms with van der Waals surface area (Å²) >= 11 is 6.33. The molecule has 4 nitrogen and oxygen atoms in total. The molecule has 0 atom stereocenters. The van der Waals surface area contributed by atoms with Gasteiger partial charge in [-0.2, -0.15) is 0 Å². The van der Waals surface area contributed by atoms with E-state index in [1.807, 2.05) is 18.2 Å². The number of ether oxygens (including phenoxy) is 3. The quantitative estimate of drug-likeness (QED) is 0.815. The molecule has 132 valence electrons. The third-order valence-electron chi connectivity index (χ3n) is 4.68. The van der Waals surface area contributed by atoms with Crippen molar-refractivity contribution in [1.82, 2.24) is 4.90 Å². The number of nitrogens with zero attached hydrogens (tertiary/aromatic N) is 1. The molecule has 0 spiro atoms. The standard InChI is InChI=1S/C20H22ClNO3/c21-17-12-16(19-3-1-2-15-4-8-25-20(15)19)13-18(14-17)24-11-7-22-5-9-23-10-6-22/h1-3,12-14H,4-11H2. The minimum atomic E-state index is 0.642. The molecule has 25 heavy (non-hydrogen) atoms. The van der Waals surface area contributed by atoms with Gasteiger partial charge in [0.25, 0.3) is 0 Å². The Labute approximate surface area is 153 Å². The minimum Gasteiger partial charge on any atom is -0.492 e. The van der Waals surface area contributed by atoms with Crippen LogP contribution in [0.15, 0.2) is 36.4 Å². The summed E-state index contributed by atoms with van der Waals surface area (Å²) in [4.78, 5) is 2.35. The van der Waals surface area contributed by atoms with Crippen LogP contribution >= 0.6 is 11.6 Å². The van der Waals surface area contributed by atoms with E-state index < -0.39 is 0 Å². The summed E-state index contributed by atoms with van der Waals surface area (Å²) in [6.07, 6.45) is 0.965. The van der Waals surface area contributed by atoms with Crippen molar-refractivity contribution >= 4 is 11.6 Å². The lowest BCUT2D eigenvalue weighted by Crippen LogP contribution is -2.38. The molecule has 0 aliphatic carbocycles. The second kappa shape index (κ2) is 7.65. The van der Waals surface area contributed by atoms with Gasteiger partial charge in [0.2, 0.25) is 0 Å². The van der Waals surface area contributed by atoms with Crippen LogP contribution < -0.4 is 9.47 Å². The third-order valence-corrected chi connectivity index (χ3v) is 4.89. The van der Waals surface area contributed by atoms with Gasteiger partial charge < -0.3 is 14.2 Å². The number of rotatable bonds is 5. The SMILES string of the molecule is Clc1cc(OCCN2CCOCC2)cc(-c2cccc3c2OCC3)c1. The fourth-order valence-electron chi connectivity index (χ4n) is 3.36. The van der Waals surface area contributed by atoms with Gasteiger partial charge >= 0.3 is 0 Å². The lowest BCUT2D eigenvalue weighted by atomic mass is 10.0. The molecular formula is C20H22ClNO3. The zero-order chi connectivity index (χ0) is 17.1.